The molecule has 0 aliphatic carbocycles. The summed E-state index contributed by atoms with van der Waals surface area (Å²) < 4.78 is 7.16. The zero-order valence-electron chi connectivity index (χ0n) is 17.1. The highest BCUT2D eigenvalue weighted by molar-refractivity contribution is 5.79. The maximum atomic E-state index is 13.2. The molecule has 0 saturated carbocycles. The highest BCUT2D eigenvalue weighted by Crippen LogP contribution is 2.27. The van der Waals surface area contributed by atoms with Gasteiger partial charge in [-0.1, -0.05) is 13.3 Å². The van der Waals surface area contributed by atoms with Crippen LogP contribution in [-0.4, -0.2) is 59.7 Å². The van der Waals surface area contributed by atoms with Crippen molar-refractivity contribution in [2.45, 2.75) is 45.7 Å². The van der Waals surface area contributed by atoms with Gasteiger partial charge in [0.05, 0.1) is 24.1 Å². The topological polar surface area (TPSA) is 50.6 Å². The molecule has 1 fully saturated rings. The summed E-state index contributed by atoms with van der Waals surface area (Å²) in [7, 11) is 3.80. The summed E-state index contributed by atoms with van der Waals surface area (Å²) in [5, 5.41) is 0.630. The summed E-state index contributed by atoms with van der Waals surface area (Å²) in [5.74, 6) is 1.60. The quantitative estimate of drug-likeness (QED) is 0.780. The molecule has 2 aromatic rings. The second kappa shape index (κ2) is 8.85. The second-order valence-corrected chi connectivity index (χ2v) is 7.40. The van der Waals surface area contributed by atoms with Crippen LogP contribution >= 0.6 is 0 Å². The average molecular weight is 373 g/mol. The zero-order chi connectivity index (χ0) is 19.4. The first-order chi connectivity index (χ1) is 13.1. The maximum Gasteiger partial charge on any atom is 0.261 e. The number of rotatable bonds is 6. The first-order valence-corrected chi connectivity index (χ1v) is 10.1. The van der Waals surface area contributed by atoms with Crippen molar-refractivity contribution in [3.8, 4) is 5.75 Å². The largest absolute Gasteiger partial charge is 0.497 e. The van der Waals surface area contributed by atoms with Crippen molar-refractivity contribution in [2.75, 3.05) is 40.3 Å². The van der Waals surface area contributed by atoms with E-state index in [2.05, 4.69) is 23.8 Å². The molecule has 0 spiro atoms. The van der Waals surface area contributed by atoms with Crippen molar-refractivity contribution in [3.63, 3.8) is 0 Å². The molecule has 1 aromatic carbocycles. The summed E-state index contributed by atoms with van der Waals surface area (Å²) in [6.45, 7) is 9.11. The van der Waals surface area contributed by atoms with Crippen LogP contribution in [0.2, 0.25) is 0 Å². The lowest BCUT2D eigenvalue weighted by molar-refractivity contribution is 0.180. The number of ether oxygens (including phenoxy) is 1. The first-order valence-electron chi connectivity index (χ1n) is 10.1. The molecular formula is C21H32N4O2. The van der Waals surface area contributed by atoms with Crippen molar-refractivity contribution in [1.29, 1.82) is 0 Å². The van der Waals surface area contributed by atoms with Crippen LogP contribution in [0.4, 0.5) is 0 Å². The van der Waals surface area contributed by atoms with Crippen molar-refractivity contribution < 1.29 is 4.74 Å². The lowest BCUT2D eigenvalue weighted by Crippen LogP contribution is -2.37. The maximum absolute atomic E-state index is 13.2. The number of hydrogen-bond acceptors (Lipinski definition) is 5. The van der Waals surface area contributed by atoms with Gasteiger partial charge < -0.3 is 9.64 Å². The third kappa shape index (κ3) is 4.17. The van der Waals surface area contributed by atoms with Crippen molar-refractivity contribution in [2.24, 2.45) is 0 Å². The standard InChI is InChI=1S/C21H32N4O2/c1-5-8-19(24-12-7-11-23(3)13-14-24)20-22-18-10-9-16(27-4)15-17(18)21(26)25(20)6-2/h9-10,15,19H,5-8,11-14H2,1-4H3/t19-/m0/s1. The molecule has 0 radical (unpaired) electrons. The van der Waals surface area contributed by atoms with Crippen LogP contribution in [0.25, 0.3) is 10.9 Å². The Balaban J connectivity index is 2.09. The summed E-state index contributed by atoms with van der Waals surface area (Å²) in [5.41, 5.74) is 0.790. The van der Waals surface area contributed by atoms with Crippen LogP contribution in [0.15, 0.2) is 23.0 Å². The molecule has 1 saturated heterocycles. The number of hydrogen-bond donors (Lipinski definition) is 0. The van der Waals surface area contributed by atoms with Crippen molar-refractivity contribution in [3.05, 3.63) is 34.4 Å². The number of fused-ring (bicyclic) bond motifs is 1. The van der Waals surface area contributed by atoms with Gasteiger partial charge in [-0.3, -0.25) is 14.3 Å². The molecule has 0 amide bonds. The van der Waals surface area contributed by atoms with Crippen LogP contribution in [0.5, 0.6) is 5.75 Å². The molecule has 6 nitrogen and oxygen atoms in total. The Kier molecular flexibility index (Phi) is 6.50. The number of methoxy groups -OCH3 is 1. The molecule has 0 N–H and O–H groups in total. The predicted octanol–water partition coefficient (Wildman–Crippen LogP) is 2.90. The Hall–Kier alpha value is -1.92. The molecule has 0 unspecified atom stereocenters. The van der Waals surface area contributed by atoms with Crippen molar-refractivity contribution >= 4 is 10.9 Å². The number of nitrogens with zero attached hydrogens (tertiary/aromatic N) is 4. The Morgan fingerprint density at radius 1 is 1.19 bits per heavy atom. The van der Waals surface area contributed by atoms with E-state index in [0.717, 1.165) is 56.8 Å². The molecule has 1 aliphatic rings. The predicted molar refractivity (Wildman–Crippen MR) is 110 cm³/mol. The molecular weight excluding hydrogens is 340 g/mol. The normalized spacial score (nSPS) is 17.8. The van der Waals surface area contributed by atoms with Gasteiger partial charge in [-0.25, -0.2) is 4.98 Å². The second-order valence-electron chi connectivity index (χ2n) is 7.40. The van der Waals surface area contributed by atoms with E-state index < -0.39 is 0 Å². The molecule has 1 aliphatic heterocycles. The van der Waals surface area contributed by atoms with Gasteiger partial charge in [0, 0.05) is 26.2 Å². The third-order valence-corrected chi connectivity index (χ3v) is 5.56. The van der Waals surface area contributed by atoms with E-state index in [-0.39, 0.29) is 11.6 Å². The number of benzene rings is 1. The third-order valence-electron chi connectivity index (χ3n) is 5.56. The van der Waals surface area contributed by atoms with Gasteiger partial charge >= 0.3 is 0 Å². The minimum Gasteiger partial charge on any atom is -0.497 e. The van der Waals surface area contributed by atoms with Gasteiger partial charge in [0.25, 0.3) is 5.56 Å². The summed E-state index contributed by atoms with van der Waals surface area (Å²) in [6, 6.07) is 5.76. The minimum absolute atomic E-state index is 0.0319. The first kappa shape index (κ1) is 19.8. The SMILES string of the molecule is CCC[C@@H](c1nc2ccc(OC)cc2c(=O)n1CC)N1CCCN(C)CC1. The van der Waals surface area contributed by atoms with Gasteiger partial charge in [-0.05, 0) is 51.6 Å². The molecule has 1 atom stereocenters. The van der Waals surface area contributed by atoms with E-state index >= 15 is 0 Å². The Morgan fingerprint density at radius 3 is 2.70 bits per heavy atom. The molecule has 3 rings (SSSR count). The molecule has 6 heteroatoms. The minimum atomic E-state index is 0.0319. The summed E-state index contributed by atoms with van der Waals surface area (Å²) in [4.78, 5) is 23.1. The summed E-state index contributed by atoms with van der Waals surface area (Å²) >= 11 is 0. The molecule has 1 aromatic heterocycles. The highest BCUT2D eigenvalue weighted by atomic mass is 16.5. The summed E-state index contributed by atoms with van der Waals surface area (Å²) in [6.07, 6.45) is 3.23. The fraction of sp³-hybridized carbons (Fsp3) is 0.619. The Bertz CT molecular complexity index is 833. The number of aromatic nitrogens is 2. The lowest BCUT2D eigenvalue weighted by atomic mass is 10.1. The molecule has 0 bridgehead atoms. The monoisotopic (exact) mass is 372 g/mol. The Labute approximate surface area is 161 Å². The van der Waals surface area contributed by atoms with Crippen LogP contribution in [0.1, 0.15) is 45.0 Å². The van der Waals surface area contributed by atoms with Gasteiger partial charge in [0.2, 0.25) is 0 Å². The average Bonchev–Trinajstić information content (AvgIpc) is 2.90. The molecule has 148 valence electrons. The smallest absolute Gasteiger partial charge is 0.261 e. The van der Waals surface area contributed by atoms with Gasteiger partial charge in [0.15, 0.2) is 0 Å². The lowest BCUT2D eigenvalue weighted by Gasteiger charge is -2.31. The van der Waals surface area contributed by atoms with E-state index in [4.69, 9.17) is 9.72 Å². The highest BCUT2D eigenvalue weighted by Gasteiger charge is 2.26. The Morgan fingerprint density at radius 2 is 2.00 bits per heavy atom. The van der Waals surface area contributed by atoms with E-state index in [1.54, 1.807) is 13.2 Å². The van der Waals surface area contributed by atoms with E-state index in [1.807, 2.05) is 23.6 Å². The molecule has 2 heterocycles. The van der Waals surface area contributed by atoms with Crippen LogP contribution in [0.3, 0.4) is 0 Å². The van der Waals surface area contributed by atoms with Crippen LogP contribution in [-0.2, 0) is 6.54 Å². The molecule has 27 heavy (non-hydrogen) atoms. The van der Waals surface area contributed by atoms with E-state index in [1.165, 1.54) is 0 Å². The zero-order valence-corrected chi connectivity index (χ0v) is 17.1. The van der Waals surface area contributed by atoms with E-state index in [9.17, 15) is 4.79 Å². The van der Waals surface area contributed by atoms with Crippen LogP contribution < -0.4 is 10.3 Å². The van der Waals surface area contributed by atoms with Crippen LogP contribution in [0, 0.1) is 0 Å². The van der Waals surface area contributed by atoms with E-state index in [0.29, 0.717) is 17.7 Å². The fourth-order valence-corrected chi connectivity index (χ4v) is 4.03. The van der Waals surface area contributed by atoms with Gasteiger partial charge in [0.1, 0.15) is 11.6 Å². The van der Waals surface area contributed by atoms with Gasteiger partial charge in [-0.2, -0.15) is 0 Å². The number of likely N-dealkylation sites (N-methyl/N-ethyl adjacent to an activating group) is 1. The van der Waals surface area contributed by atoms with Crippen molar-refractivity contribution in [1.82, 2.24) is 19.4 Å². The fourth-order valence-electron chi connectivity index (χ4n) is 4.03. The van der Waals surface area contributed by atoms with Gasteiger partial charge in [-0.15, -0.1) is 0 Å².